The molecule has 0 aliphatic heterocycles. The molecule has 0 saturated carbocycles. The average molecular weight is 387 g/mol. The molecule has 162 valence electrons. The van der Waals surface area contributed by atoms with E-state index in [9.17, 15) is 14.4 Å². The van der Waals surface area contributed by atoms with Gasteiger partial charge < -0.3 is 15.8 Å². The molecule has 27 heavy (non-hydrogen) atoms. The minimum absolute atomic E-state index is 0.105. The number of unbranched alkanes of at least 4 members (excludes halogenated alkanes) is 5. The van der Waals surface area contributed by atoms with Crippen molar-refractivity contribution in [1.29, 1.82) is 0 Å². The van der Waals surface area contributed by atoms with Gasteiger partial charge in [-0.1, -0.05) is 60.3 Å². The van der Waals surface area contributed by atoms with E-state index in [1.54, 1.807) is 0 Å². The third-order valence-corrected chi connectivity index (χ3v) is 4.11. The SMILES string of the molecule is CC.CC(C=O)CCCCC(=O)NCCCCCCCC(=O)C(C)C.CN. The molecule has 0 saturated heterocycles. The molecular weight excluding hydrogens is 340 g/mol. The van der Waals surface area contributed by atoms with Gasteiger partial charge in [0.05, 0.1) is 0 Å². The van der Waals surface area contributed by atoms with Gasteiger partial charge >= 0.3 is 0 Å². The van der Waals surface area contributed by atoms with Gasteiger partial charge in [0, 0.05) is 31.2 Å². The first-order chi connectivity index (χ1) is 13.0. The van der Waals surface area contributed by atoms with E-state index in [0.29, 0.717) is 18.6 Å². The van der Waals surface area contributed by atoms with Gasteiger partial charge in [0.15, 0.2) is 0 Å². The summed E-state index contributed by atoms with van der Waals surface area (Å²) >= 11 is 0. The van der Waals surface area contributed by atoms with E-state index in [2.05, 4.69) is 11.1 Å². The Bertz CT molecular complexity index is 344. The van der Waals surface area contributed by atoms with Gasteiger partial charge in [-0.25, -0.2) is 0 Å². The Morgan fingerprint density at radius 3 is 1.93 bits per heavy atom. The molecule has 0 aliphatic carbocycles. The van der Waals surface area contributed by atoms with Crippen molar-refractivity contribution in [3.63, 3.8) is 0 Å². The predicted molar refractivity (Wildman–Crippen MR) is 116 cm³/mol. The fourth-order valence-electron chi connectivity index (χ4n) is 2.38. The Hall–Kier alpha value is -1.23. The molecule has 3 N–H and O–H groups in total. The van der Waals surface area contributed by atoms with Gasteiger partial charge in [0.25, 0.3) is 0 Å². The molecule has 1 unspecified atom stereocenters. The van der Waals surface area contributed by atoms with E-state index >= 15 is 0 Å². The van der Waals surface area contributed by atoms with Crippen LogP contribution in [0.2, 0.25) is 0 Å². The summed E-state index contributed by atoms with van der Waals surface area (Å²) in [6, 6.07) is 0. The van der Waals surface area contributed by atoms with Gasteiger partial charge in [-0.3, -0.25) is 9.59 Å². The predicted octanol–water partition coefficient (Wildman–Crippen LogP) is 4.66. The number of carbonyl (C=O) groups is 3. The van der Waals surface area contributed by atoms with E-state index in [1.807, 2.05) is 34.6 Å². The summed E-state index contributed by atoms with van der Waals surface area (Å²) in [5, 5.41) is 2.95. The summed E-state index contributed by atoms with van der Waals surface area (Å²) in [5.74, 6) is 0.742. The third kappa shape index (κ3) is 24.8. The highest BCUT2D eigenvalue weighted by Gasteiger charge is 2.06. The van der Waals surface area contributed by atoms with Gasteiger partial charge in [-0.05, 0) is 32.7 Å². The number of Topliss-reactive ketones (excluding diaryl/α,β-unsaturated/α-hetero) is 1. The number of hydrogen-bond acceptors (Lipinski definition) is 4. The first kappa shape index (κ1) is 30.5. The molecule has 1 amide bonds. The number of ketones is 1. The van der Waals surface area contributed by atoms with Gasteiger partial charge in [-0.15, -0.1) is 0 Å². The summed E-state index contributed by atoms with van der Waals surface area (Å²) < 4.78 is 0. The molecule has 0 aromatic heterocycles. The van der Waals surface area contributed by atoms with Gasteiger partial charge in [-0.2, -0.15) is 0 Å². The second-order valence-electron chi connectivity index (χ2n) is 6.85. The van der Waals surface area contributed by atoms with Crippen LogP contribution in [0.4, 0.5) is 0 Å². The normalized spacial score (nSPS) is 10.8. The molecule has 5 heteroatoms. The van der Waals surface area contributed by atoms with Crippen molar-refractivity contribution in [3.8, 4) is 0 Å². The molecular formula is C22H46N2O3. The highest BCUT2D eigenvalue weighted by atomic mass is 16.1. The molecule has 5 nitrogen and oxygen atoms in total. The van der Waals surface area contributed by atoms with Crippen LogP contribution in [0.15, 0.2) is 0 Å². The lowest BCUT2D eigenvalue weighted by atomic mass is 10.0. The maximum Gasteiger partial charge on any atom is 0.219 e. The fraction of sp³-hybridized carbons (Fsp3) is 0.864. The van der Waals surface area contributed by atoms with Crippen LogP contribution >= 0.6 is 0 Å². The minimum Gasteiger partial charge on any atom is -0.356 e. The summed E-state index contributed by atoms with van der Waals surface area (Å²) in [6.45, 7) is 10.6. The van der Waals surface area contributed by atoms with Crippen molar-refractivity contribution in [1.82, 2.24) is 5.32 Å². The lowest BCUT2D eigenvalue weighted by Gasteiger charge is -2.06. The summed E-state index contributed by atoms with van der Waals surface area (Å²) in [5.41, 5.74) is 4.50. The lowest BCUT2D eigenvalue weighted by molar-refractivity contribution is -0.122. The monoisotopic (exact) mass is 386 g/mol. The molecule has 0 heterocycles. The summed E-state index contributed by atoms with van der Waals surface area (Å²) in [6.07, 6.45) is 10.2. The Morgan fingerprint density at radius 2 is 1.37 bits per heavy atom. The third-order valence-electron chi connectivity index (χ3n) is 4.11. The van der Waals surface area contributed by atoms with Crippen LogP contribution in [0.1, 0.15) is 98.8 Å². The first-order valence-corrected chi connectivity index (χ1v) is 10.8. The van der Waals surface area contributed by atoms with E-state index in [4.69, 9.17) is 0 Å². The zero-order valence-electron chi connectivity index (χ0n) is 18.8. The van der Waals surface area contributed by atoms with Crippen molar-refractivity contribution >= 4 is 18.0 Å². The minimum atomic E-state index is 0.105. The van der Waals surface area contributed by atoms with Crippen LogP contribution in [-0.2, 0) is 14.4 Å². The zero-order chi connectivity index (χ0) is 21.5. The first-order valence-electron chi connectivity index (χ1n) is 10.8. The molecule has 1 atom stereocenters. The Kier molecular flexibility index (Phi) is 28.0. The average Bonchev–Trinajstić information content (AvgIpc) is 2.69. The van der Waals surface area contributed by atoms with Crippen LogP contribution in [-0.4, -0.2) is 31.6 Å². The largest absolute Gasteiger partial charge is 0.356 e. The van der Waals surface area contributed by atoms with Crippen molar-refractivity contribution in [3.05, 3.63) is 0 Å². The van der Waals surface area contributed by atoms with Crippen molar-refractivity contribution in [2.24, 2.45) is 17.6 Å². The number of nitrogens with two attached hydrogens (primary N) is 1. The van der Waals surface area contributed by atoms with Crippen molar-refractivity contribution in [2.45, 2.75) is 98.8 Å². The smallest absolute Gasteiger partial charge is 0.219 e. The molecule has 0 radical (unpaired) electrons. The quantitative estimate of drug-likeness (QED) is 0.316. The topological polar surface area (TPSA) is 89.3 Å². The molecule has 0 bridgehead atoms. The number of rotatable bonds is 15. The highest BCUT2D eigenvalue weighted by molar-refractivity contribution is 5.80. The lowest BCUT2D eigenvalue weighted by Crippen LogP contribution is -2.24. The van der Waals surface area contributed by atoms with E-state index < -0.39 is 0 Å². The van der Waals surface area contributed by atoms with Crippen LogP contribution in [0.3, 0.4) is 0 Å². The fourth-order valence-corrected chi connectivity index (χ4v) is 2.38. The highest BCUT2D eigenvalue weighted by Crippen LogP contribution is 2.09. The van der Waals surface area contributed by atoms with E-state index in [0.717, 1.165) is 64.2 Å². The Balaban J connectivity index is -0.00000134. The molecule has 0 rings (SSSR count). The second-order valence-corrected chi connectivity index (χ2v) is 6.85. The number of carbonyl (C=O) groups excluding carboxylic acids is 3. The summed E-state index contributed by atoms with van der Waals surface area (Å²) in [4.78, 5) is 33.5. The standard InChI is InChI=1S/C19H35NO3.C2H6.CH5N/c1-16(2)18(22)12-7-5-4-6-10-14-20-19(23)13-9-8-11-17(3)15-21;2*1-2/h15-17H,4-14H2,1-3H3,(H,20,23);1-2H3;2H2,1H3. The molecule has 0 spiro atoms. The number of amides is 1. The van der Waals surface area contributed by atoms with Crippen LogP contribution in [0, 0.1) is 11.8 Å². The number of aldehydes is 1. The summed E-state index contributed by atoms with van der Waals surface area (Å²) in [7, 11) is 1.50. The van der Waals surface area contributed by atoms with Crippen molar-refractivity contribution in [2.75, 3.05) is 13.6 Å². The van der Waals surface area contributed by atoms with Gasteiger partial charge in [0.1, 0.15) is 12.1 Å². The maximum atomic E-state index is 11.6. The Morgan fingerprint density at radius 1 is 0.852 bits per heavy atom. The van der Waals surface area contributed by atoms with E-state index in [-0.39, 0.29) is 17.7 Å². The molecule has 0 fully saturated rings. The molecule has 0 aliphatic rings. The van der Waals surface area contributed by atoms with Crippen molar-refractivity contribution < 1.29 is 14.4 Å². The number of nitrogens with one attached hydrogen (secondary N) is 1. The van der Waals surface area contributed by atoms with Crippen LogP contribution in [0.5, 0.6) is 0 Å². The second kappa shape index (κ2) is 24.8. The van der Waals surface area contributed by atoms with Crippen LogP contribution < -0.4 is 11.1 Å². The molecule has 0 aromatic carbocycles. The molecule has 0 aromatic rings. The number of hydrogen-bond donors (Lipinski definition) is 2. The zero-order valence-corrected chi connectivity index (χ0v) is 18.8. The van der Waals surface area contributed by atoms with Gasteiger partial charge in [0.2, 0.25) is 5.91 Å². The Labute approximate surface area is 168 Å². The maximum absolute atomic E-state index is 11.6. The van der Waals surface area contributed by atoms with Crippen LogP contribution in [0.25, 0.3) is 0 Å². The van der Waals surface area contributed by atoms with E-state index in [1.165, 1.54) is 7.05 Å².